The summed E-state index contributed by atoms with van der Waals surface area (Å²) in [6.07, 6.45) is -22.5. The van der Waals surface area contributed by atoms with E-state index >= 15 is 0 Å². The lowest BCUT2D eigenvalue weighted by Gasteiger charge is -2.42. The van der Waals surface area contributed by atoms with Crippen LogP contribution in [0.5, 0.6) is 0 Å². The van der Waals surface area contributed by atoms with Gasteiger partial charge in [-0.2, -0.15) is 87.8 Å². The predicted molar refractivity (Wildman–Crippen MR) is 51.6 cm³/mol. The molecule has 0 aromatic heterocycles. The fraction of sp³-hybridized carbons (Fsp3) is 1.00. The molecule has 31 heavy (non-hydrogen) atoms. The molecule has 0 aliphatic rings. The second-order valence-corrected chi connectivity index (χ2v) is 5.48. The molecule has 0 bridgehead atoms. The summed E-state index contributed by atoms with van der Waals surface area (Å²) in [6, 6.07) is 0. The second-order valence-electron chi connectivity index (χ2n) is 5.48. The van der Waals surface area contributed by atoms with Crippen molar-refractivity contribution in [3.63, 3.8) is 0 Å². The van der Waals surface area contributed by atoms with E-state index in [1.54, 1.807) is 0 Å². The molecule has 0 spiro atoms. The van der Waals surface area contributed by atoms with Crippen LogP contribution in [0.1, 0.15) is 0 Å². The minimum absolute atomic E-state index is 6.94. The topological polar surface area (TPSA) is 0 Å². The number of rotatable bonds is 7. The van der Waals surface area contributed by atoms with Gasteiger partial charge in [0.25, 0.3) is 0 Å². The Kier molecular flexibility index (Phi) is 6.68. The standard InChI is InChI=1S/C10HF21/c11-1(3(14,15)9(26,27)28)2(12,13)4(16,17)5(18,19)6(20,21)7(22,23)8(24,25)10(29,30)31/h1H. The molecule has 0 aromatic carbocycles. The third-order valence-electron chi connectivity index (χ3n) is 3.37. The molecular formula is C10HF21. The van der Waals surface area contributed by atoms with Crippen molar-refractivity contribution in [2.75, 3.05) is 0 Å². The van der Waals surface area contributed by atoms with E-state index in [9.17, 15) is 92.2 Å². The van der Waals surface area contributed by atoms with E-state index in [1.807, 2.05) is 0 Å². The molecule has 0 aliphatic heterocycles. The summed E-state index contributed by atoms with van der Waals surface area (Å²) in [6.45, 7) is 0. The number of hydrogen-bond donors (Lipinski definition) is 0. The van der Waals surface area contributed by atoms with Gasteiger partial charge in [0.05, 0.1) is 0 Å². The summed E-state index contributed by atoms with van der Waals surface area (Å²) >= 11 is 0. The Morgan fingerprint density at radius 3 is 0.806 bits per heavy atom. The third kappa shape index (κ3) is 3.71. The zero-order valence-corrected chi connectivity index (χ0v) is 13.0. The molecular weight excluding hydrogens is 519 g/mol. The third-order valence-corrected chi connectivity index (χ3v) is 3.37. The summed E-state index contributed by atoms with van der Waals surface area (Å²) in [7, 11) is 0. The Labute approximate surface area is 153 Å². The fourth-order valence-corrected chi connectivity index (χ4v) is 1.51. The molecule has 0 rings (SSSR count). The lowest BCUT2D eigenvalue weighted by Crippen LogP contribution is -2.74. The SMILES string of the molecule is FC(C(F)(F)C(F)(F)F)C(F)(F)C(F)(F)C(F)(F)C(F)(F)C(F)(F)C(F)(F)C(F)(F)F. The lowest BCUT2D eigenvalue weighted by atomic mass is 9.88. The molecule has 0 saturated carbocycles. The van der Waals surface area contributed by atoms with Gasteiger partial charge in [-0.05, 0) is 0 Å². The van der Waals surface area contributed by atoms with Gasteiger partial charge in [0.1, 0.15) is 0 Å². The van der Waals surface area contributed by atoms with Crippen LogP contribution < -0.4 is 0 Å². The minimum Gasteiger partial charge on any atom is -0.233 e. The van der Waals surface area contributed by atoms with Gasteiger partial charge in [-0.1, -0.05) is 0 Å². The Morgan fingerprint density at radius 2 is 0.548 bits per heavy atom. The first-order valence-corrected chi connectivity index (χ1v) is 6.33. The first-order valence-electron chi connectivity index (χ1n) is 6.33. The first-order chi connectivity index (χ1) is 12.9. The van der Waals surface area contributed by atoms with Gasteiger partial charge in [-0.15, -0.1) is 0 Å². The highest BCUT2D eigenvalue weighted by molar-refractivity contribution is 5.15. The number of alkyl halides is 21. The monoisotopic (exact) mass is 520 g/mol. The zero-order chi connectivity index (χ0) is 26.1. The molecule has 1 atom stereocenters. The summed E-state index contributed by atoms with van der Waals surface area (Å²) in [5.41, 5.74) is 0. The average Bonchev–Trinajstić information content (AvgIpc) is 2.50. The van der Waals surface area contributed by atoms with Gasteiger partial charge < -0.3 is 0 Å². The van der Waals surface area contributed by atoms with Crippen molar-refractivity contribution in [3.05, 3.63) is 0 Å². The maximum Gasteiger partial charge on any atom is 0.460 e. The van der Waals surface area contributed by atoms with Crippen LogP contribution in [0.25, 0.3) is 0 Å². The maximum atomic E-state index is 13.1. The van der Waals surface area contributed by atoms with Crippen LogP contribution in [0.15, 0.2) is 0 Å². The lowest BCUT2D eigenvalue weighted by molar-refractivity contribution is -0.459. The second kappa shape index (κ2) is 7.01. The van der Waals surface area contributed by atoms with E-state index in [0.717, 1.165) is 0 Å². The molecule has 0 fully saturated rings. The fourth-order valence-electron chi connectivity index (χ4n) is 1.51. The molecule has 0 amide bonds. The molecule has 21 heteroatoms. The van der Waals surface area contributed by atoms with Gasteiger partial charge in [-0.3, -0.25) is 0 Å². The van der Waals surface area contributed by atoms with Crippen LogP contribution in [0.3, 0.4) is 0 Å². The van der Waals surface area contributed by atoms with Crippen molar-refractivity contribution >= 4 is 0 Å². The van der Waals surface area contributed by atoms with E-state index in [2.05, 4.69) is 0 Å². The molecule has 0 saturated heterocycles. The van der Waals surface area contributed by atoms with E-state index < -0.39 is 60.0 Å². The van der Waals surface area contributed by atoms with Crippen LogP contribution in [-0.2, 0) is 0 Å². The summed E-state index contributed by atoms with van der Waals surface area (Å²) < 4.78 is 263. The van der Waals surface area contributed by atoms with Gasteiger partial charge in [0.2, 0.25) is 6.17 Å². The molecule has 1 unspecified atom stereocenters. The summed E-state index contributed by atoms with van der Waals surface area (Å²) in [4.78, 5) is 0. The Morgan fingerprint density at radius 1 is 0.290 bits per heavy atom. The van der Waals surface area contributed by atoms with Crippen molar-refractivity contribution in [1.29, 1.82) is 0 Å². The van der Waals surface area contributed by atoms with Crippen LogP contribution in [0, 0.1) is 0 Å². The van der Waals surface area contributed by atoms with Crippen LogP contribution >= 0.6 is 0 Å². The van der Waals surface area contributed by atoms with E-state index in [-0.39, 0.29) is 0 Å². The minimum atomic E-state index is -8.98. The van der Waals surface area contributed by atoms with E-state index in [1.165, 1.54) is 0 Å². The molecule has 0 heterocycles. The van der Waals surface area contributed by atoms with Crippen molar-refractivity contribution in [3.8, 4) is 0 Å². The van der Waals surface area contributed by atoms with Gasteiger partial charge in [0, 0.05) is 0 Å². The van der Waals surface area contributed by atoms with Crippen LogP contribution in [0.2, 0.25) is 0 Å². The average molecular weight is 520 g/mol. The van der Waals surface area contributed by atoms with Crippen molar-refractivity contribution in [2.45, 2.75) is 60.0 Å². The molecule has 0 aromatic rings. The highest BCUT2D eigenvalue weighted by Gasteiger charge is 2.95. The highest BCUT2D eigenvalue weighted by atomic mass is 19.4. The summed E-state index contributed by atoms with van der Waals surface area (Å²) in [5, 5.41) is 0. The highest BCUT2D eigenvalue weighted by Crippen LogP contribution is 2.63. The van der Waals surface area contributed by atoms with Crippen LogP contribution in [0.4, 0.5) is 92.2 Å². The maximum absolute atomic E-state index is 13.1. The zero-order valence-electron chi connectivity index (χ0n) is 13.0. The Bertz CT molecular complexity index is 646. The molecule has 188 valence electrons. The predicted octanol–water partition coefficient (Wildman–Crippen LogP) is 6.90. The Balaban J connectivity index is 6.77. The number of halogens is 21. The van der Waals surface area contributed by atoms with E-state index in [4.69, 9.17) is 0 Å². The van der Waals surface area contributed by atoms with Crippen LogP contribution in [-0.4, -0.2) is 60.0 Å². The van der Waals surface area contributed by atoms with Gasteiger partial charge in [0.15, 0.2) is 0 Å². The summed E-state index contributed by atoms with van der Waals surface area (Å²) in [5.74, 6) is -60.1. The van der Waals surface area contributed by atoms with E-state index in [0.29, 0.717) is 0 Å². The molecule has 0 nitrogen and oxygen atoms in total. The smallest absolute Gasteiger partial charge is 0.233 e. The van der Waals surface area contributed by atoms with Gasteiger partial charge >= 0.3 is 53.8 Å². The normalized spacial score (nSPS) is 17.7. The Hall–Kier alpha value is -1.47. The largest absolute Gasteiger partial charge is 0.460 e. The van der Waals surface area contributed by atoms with Crippen molar-refractivity contribution in [1.82, 2.24) is 0 Å². The van der Waals surface area contributed by atoms with Gasteiger partial charge in [-0.25, -0.2) is 4.39 Å². The molecule has 0 radical (unpaired) electrons. The molecule has 0 N–H and O–H groups in total. The first kappa shape index (κ1) is 29.5. The number of hydrogen-bond acceptors (Lipinski definition) is 0. The van der Waals surface area contributed by atoms with Crippen molar-refractivity contribution in [2.24, 2.45) is 0 Å². The quantitative estimate of drug-likeness (QED) is 0.321. The molecule has 0 aliphatic carbocycles. The van der Waals surface area contributed by atoms with Crippen molar-refractivity contribution < 1.29 is 92.2 Å².